The van der Waals surface area contributed by atoms with Gasteiger partial charge in [-0.15, -0.1) is 0 Å². The van der Waals surface area contributed by atoms with Gasteiger partial charge >= 0.3 is 6.92 Å². The summed E-state index contributed by atoms with van der Waals surface area (Å²) >= 11 is 0. The van der Waals surface area contributed by atoms with Crippen molar-refractivity contribution in [3.8, 4) is 11.4 Å². The number of aromatic nitrogens is 3. The molecular formula is C29H22BN3O2. The van der Waals surface area contributed by atoms with Crippen molar-refractivity contribution >= 4 is 50.7 Å². The molecule has 0 aliphatic heterocycles. The van der Waals surface area contributed by atoms with E-state index in [1.165, 1.54) is 0 Å². The summed E-state index contributed by atoms with van der Waals surface area (Å²) in [5.74, 6) is 0.864. The molecular weight excluding hydrogens is 433 g/mol. The molecule has 5 nitrogen and oxygen atoms in total. The second-order valence-electron chi connectivity index (χ2n) is 8.66. The van der Waals surface area contributed by atoms with E-state index in [1.807, 2.05) is 49.3 Å². The molecule has 0 aliphatic rings. The van der Waals surface area contributed by atoms with Gasteiger partial charge in [-0.25, -0.2) is 9.97 Å². The third-order valence-electron chi connectivity index (χ3n) is 6.38. The van der Waals surface area contributed by atoms with Gasteiger partial charge in [0.1, 0.15) is 23.0 Å². The molecule has 0 fully saturated rings. The van der Waals surface area contributed by atoms with Crippen LogP contribution in [0.4, 0.5) is 0 Å². The average Bonchev–Trinajstić information content (AvgIpc) is 3.27. The van der Waals surface area contributed by atoms with E-state index in [0.717, 1.165) is 55.2 Å². The molecule has 2 aromatic heterocycles. The van der Waals surface area contributed by atoms with Gasteiger partial charge in [0, 0.05) is 10.9 Å². The number of imidazole rings is 1. The van der Waals surface area contributed by atoms with Crippen LogP contribution in [-0.4, -0.2) is 26.4 Å². The average molecular weight is 455 g/mol. The fraction of sp³-hybridized carbons (Fsp3) is 0.0345. The zero-order valence-corrected chi connectivity index (χ0v) is 19.3. The molecule has 0 saturated heterocycles. The first-order valence-corrected chi connectivity index (χ1v) is 11.4. The molecule has 1 N–H and O–H groups in total. The number of para-hydroxylation sites is 3. The molecule has 2 heterocycles. The van der Waals surface area contributed by atoms with Crippen molar-refractivity contribution in [2.45, 2.75) is 6.82 Å². The Morgan fingerprint density at radius 1 is 0.857 bits per heavy atom. The van der Waals surface area contributed by atoms with Crippen LogP contribution in [-0.2, 0) is 4.65 Å². The molecule has 0 spiro atoms. The Balaban J connectivity index is 1.51. The van der Waals surface area contributed by atoms with Crippen LogP contribution < -0.4 is 5.46 Å². The standard InChI is InChI=1S/C29H22BN3O2/c1-18(34)19(2)35-30(3)23-15-14-20-16-22(13-12-21(20)17-23)28-31-25-9-5-4-8-24(25)29-32-26-10-6-7-11-27(26)33(28)29/h4-17,34H,1-2H2,3H3. The van der Waals surface area contributed by atoms with Gasteiger partial charge in [-0.05, 0) is 53.4 Å². The van der Waals surface area contributed by atoms with Crippen molar-refractivity contribution in [3.63, 3.8) is 0 Å². The van der Waals surface area contributed by atoms with Crippen molar-refractivity contribution in [1.82, 2.24) is 14.4 Å². The minimum Gasteiger partial charge on any atom is -0.554 e. The number of nitrogens with zero attached hydrogens (tertiary/aromatic N) is 3. The van der Waals surface area contributed by atoms with E-state index in [1.54, 1.807) is 0 Å². The van der Waals surface area contributed by atoms with Gasteiger partial charge in [-0.1, -0.05) is 67.8 Å². The molecule has 0 unspecified atom stereocenters. The van der Waals surface area contributed by atoms with E-state index in [2.05, 4.69) is 60.0 Å². The minimum absolute atomic E-state index is 0.163. The zero-order chi connectivity index (χ0) is 24.1. The smallest absolute Gasteiger partial charge is 0.388 e. The van der Waals surface area contributed by atoms with E-state index < -0.39 is 0 Å². The Morgan fingerprint density at radius 2 is 1.57 bits per heavy atom. The zero-order valence-electron chi connectivity index (χ0n) is 19.3. The molecule has 0 saturated carbocycles. The van der Waals surface area contributed by atoms with Crippen molar-refractivity contribution in [2.75, 3.05) is 0 Å². The summed E-state index contributed by atoms with van der Waals surface area (Å²) in [6.07, 6.45) is 0. The molecule has 6 rings (SSSR count). The van der Waals surface area contributed by atoms with E-state index in [0.29, 0.717) is 0 Å². The Hall–Kier alpha value is -4.58. The second-order valence-corrected chi connectivity index (χ2v) is 8.66. The monoisotopic (exact) mass is 455 g/mol. The van der Waals surface area contributed by atoms with Crippen molar-refractivity contribution in [1.29, 1.82) is 0 Å². The Kier molecular flexibility index (Phi) is 4.81. The highest BCUT2D eigenvalue weighted by Crippen LogP contribution is 2.30. The Bertz CT molecular complexity index is 1800. The lowest BCUT2D eigenvalue weighted by Crippen LogP contribution is -2.29. The fourth-order valence-electron chi connectivity index (χ4n) is 4.54. The van der Waals surface area contributed by atoms with Crippen LogP contribution in [0.25, 0.3) is 49.7 Å². The predicted molar refractivity (Wildman–Crippen MR) is 144 cm³/mol. The molecule has 0 aliphatic carbocycles. The van der Waals surface area contributed by atoms with Gasteiger partial charge in [0.05, 0.1) is 16.6 Å². The van der Waals surface area contributed by atoms with Crippen molar-refractivity contribution in [3.05, 3.63) is 110 Å². The minimum atomic E-state index is -0.269. The molecule has 0 bridgehead atoms. The topological polar surface area (TPSA) is 59.7 Å². The number of hydrogen-bond acceptors (Lipinski definition) is 4. The SMILES string of the molecule is C=C(O)C(=C)OB(C)c1ccc2cc(-c3nc4ccccc4c4nc5ccccc5n34)ccc2c1. The van der Waals surface area contributed by atoms with Gasteiger partial charge in [0.25, 0.3) is 0 Å². The summed E-state index contributed by atoms with van der Waals surface area (Å²) < 4.78 is 7.85. The summed E-state index contributed by atoms with van der Waals surface area (Å²) in [4.78, 5) is 10.00. The number of rotatable bonds is 5. The number of aliphatic hydroxyl groups excluding tert-OH is 1. The van der Waals surface area contributed by atoms with E-state index in [4.69, 9.17) is 14.6 Å². The maximum atomic E-state index is 9.49. The van der Waals surface area contributed by atoms with Crippen LogP contribution in [0.15, 0.2) is 110 Å². The van der Waals surface area contributed by atoms with Crippen LogP contribution in [0.5, 0.6) is 0 Å². The summed E-state index contributed by atoms with van der Waals surface area (Å²) in [5.41, 5.74) is 5.79. The fourth-order valence-corrected chi connectivity index (χ4v) is 4.54. The normalized spacial score (nSPS) is 11.3. The molecule has 6 aromatic rings. The third-order valence-corrected chi connectivity index (χ3v) is 6.38. The third kappa shape index (κ3) is 3.51. The van der Waals surface area contributed by atoms with Crippen LogP contribution in [0.2, 0.25) is 6.82 Å². The number of aliphatic hydroxyl groups is 1. The van der Waals surface area contributed by atoms with E-state index >= 15 is 0 Å². The number of fused-ring (bicyclic) bond motifs is 6. The number of benzene rings is 4. The molecule has 0 atom stereocenters. The summed E-state index contributed by atoms with van der Waals surface area (Å²) in [6.45, 7) is 8.82. The van der Waals surface area contributed by atoms with Gasteiger partial charge in [0.2, 0.25) is 0 Å². The second kappa shape index (κ2) is 8.03. The lowest BCUT2D eigenvalue weighted by Gasteiger charge is -2.14. The van der Waals surface area contributed by atoms with Crippen LogP contribution in [0.3, 0.4) is 0 Å². The van der Waals surface area contributed by atoms with Crippen LogP contribution in [0, 0.1) is 0 Å². The van der Waals surface area contributed by atoms with Gasteiger partial charge in [-0.3, -0.25) is 4.40 Å². The Labute approximate surface area is 202 Å². The highest BCUT2D eigenvalue weighted by Gasteiger charge is 2.18. The van der Waals surface area contributed by atoms with Gasteiger partial charge in [0.15, 0.2) is 0 Å². The first-order chi connectivity index (χ1) is 17.0. The lowest BCUT2D eigenvalue weighted by atomic mass is 9.63. The first-order valence-electron chi connectivity index (χ1n) is 11.4. The quantitative estimate of drug-likeness (QED) is 0.189. The maximum absolute atomic E-state index is 9.49. The van der Waals surface area contributed by atoms with Crippen LogP contribution >= 0.6 is 0 Å². The predicted octanol–water partition coefficient (Wildman–Crippen LogP) is 6.29. The maximum Gasteiger partial charge on any atom is 0.388 e. The molecule has 0 amide bonds. The lowest BCUT2D eigenvalue weighted by molar-refractivity contribution is 0.347. The highest BCUT2D eigenvalue weighted by molar-refractivity contribution is 6.66. The molecule has 4 aromatic carbocycles. The number of hydrogen-bond donors (Lipinski definition) is 1. The van der Waals surface area contributed by atoms with Crippen molar-refractivity contribution < 1.29 is 9.76 Å². The van der Waals surface area contributed by atoms with E-state index in [9.17, 15) is 5.11 Å². The largest absolute Gasteiger partial charge is 0.554 e. The first kappa shape index (κ1) is 21.0. The molecule has 168 valence electrons. The highest BCUT2D eigenvalue weighted by atomic mass is 16.5. The summed E-state index contributed by atoms with van der Waals surface area (Å²) in [7, 11) is 0. The van der Waals surface area contributed by atoms with Crippen LogP contribution in [0.1, 0.15) is 0 Å². The Morgan fingerprint density at radius 3 is 2.40 bits per heavy atom. The van der Waals surface area contributed by atoms with Gasteiger partial charge in [-0.2, -0.15) is 0 Å². The summed E-state index contributed by atoms with van der Waals surface area (Å²) in [6, 6.07) is 28.8. The molecule has 6 heteroatoms. The summed E-state index contributed by atoms with van der Waals surface area (Å²) in [5, 5.41) is 12.7. The molecule has 35 heavy (non-hydrogen) atoms. The van der Waals surface area contributed by atoms with Crippen molar-refractivity contribution in [2.24, 2.45) is 0 Å². The van der Waals surface area contributed by atoms with E-state index in [-0.39, 0.29) is 18.4 Å². The van der Waals surface area contributed by atoms with Gasteiger partial charge < -0.3 is 9.76 Å². The molecule has 0 radical (unpaired) electrons.